The van der Waals surface area contributed by atoms with E-state index in [1.165, 1.54) is 5.39 Å². The quantitative estimate of drug-likeness (QED) is 0.614. The van der Waals surface area contributed by atoms with Gasteiger partial charge in [0.2, 0.25) is 11.8 Å². The molecule has 0 aliphatic carbocycles. The molecule has 2 N–H and O–H groups in total. The third-order valence-electron chi connectivity index (χ3n) is 6.07. The summed E-state index contributed by atoms with van der Waals surface area (Å²) in [6.45, 7) is 1.64. The van der Waals surface area contributed by atoms with E-state index in [2.05, 4.69) is 16.4 Å². The number of benzene rings is 2. The second-order valence-electron chi connectivity index (χ2n) is 8.07. The lowest BCUT2D eigenvalue weighted by Gasteiger charge is -2.32. The van der Waals surface area contributed by atoms with Gasteiger partial charge < -0.3 is 19.9 Å². The van der Waals surface area contributed by atoms with Crippen molar-refractivity contribution in [2.75, 3.05) is 20.2 Å². The zero-order chi connectivity index (χ0) is 21.6. The maximum atomic E-state index is 12.8. The van der Waals surface area contributed by atoms with Gasteiger partial charge in [0.05, 0.1) is 13.0 Å². The van der Waals surface area contributed by atoms with Crippen LogP contribution in [0.1, 0.15) is 30.4 Å². The number of rotatable bonds is 7. The molecule has 0 radical (unpaired) electrons. The number of aromatic nitrogens is 1. The molecule has 3 aromatic rings. The number of amides is 2. The van der Waals surface area contributed by atoms with Crippen molar-refractivity contribution in [2.24, 2.45) is 5.92 Å². The van der Waals surface area contributed by atoms with Crippen molar-refractivity contribution in [3.05, 3.63) is 65.9 Å². The van der Waals surface area contributed by atoms with Crippen LogP contribution in [0.25, 0.3) is 10.9 Å². The maximum Gasteiger partial charge on any atom is 0.225 e. The molecule has 0 unspecified atom stereocenters. The van der Waals surface area contributed by atoms with Gasteiger partial charge >= 0.3 is 0 Å². The molecule has 1 aliphatic rings. The summed E-state index contributed by atoms with van der Waals surface area (Å²) in [6, 6.07) is 15.8. The Bertz CT molecular complexity index is 1060. The van der Waals surface area contributed by atoms with Gasteiger partial charge in [0.15, 0.2) is 0 Å². The average molecular weight is 420 g/mol. The minimum Gasteiger partial charge on any atom is -0.496 e. The first kappa shape index (κ1) is 21.0. The number of carbonyl (C=O) groups is 2. The Balaban J connectivity index is 1.30. The lowest BCUT2D eigenvalue weighted by Crippen LogP contribution is -2.45. The van der Waals surface area contributed by atoms with E-state index in [0.29, 0.717) is 25.9 Å². The van der Waals surface area contributed by atoms with Crippen molar-refractivity contribution in [3.8, 4) is 5.75 Å². The van der Waals surface area contributed by atoms with Crippen LogP contribution in [0.2, 0.25) is 0 Å². The third kappa shape index (κ3) is 4.90. The number of hydrogen-bond donors (Lipinski definition) is 2. The topological polar surface area (TPSA) is 74.4 Å². The Morgan fingerprint density at radius 3 is 2.81 bits per heavy atom. The lowest BCUT2D eigenvalue weighted by atomic mass is 9.96. The van der Waals surface area contributed by atoms with Gasteiger partial charge in [-0.25, -0.2) is 0 Å². The molecule has 1 aromatic heterocycles. The fourth-order valence-electron chi connectivity index (χ4n) is 4.33. The number of methoxy groups -OCH3 is 1. The van der Waals surface area contributed by atoms with Gasteiger partial charge in [-0.3, -0.25) is 9.59 Å². The number of ether oxygens (including phenoxy) is 1. The smallest absolute Gasteiger partial charge is 0.225 e. The van der Waals surface area contributed by atoms with Crippen LogP contribution in [0.4, 0.5) is 0 Å². The molecule has 162 valence electrons. The molecule has 1 aliphatic heterocycles. The van der Waals surface area contributed by atoms with E-state index in [-0.39, 0.29) is 17.7 Å². The van der Waals surface area contributed by atoms with Gasteiger partial charge in [0.1, 0.15) is 5.75 Å². The van der Waals surface area contributed by atoms with Crippen LogP contribution in [0.3, 0.4) is 0 Å². The van der Waals surface area contributed by atoms with Crippen molar-refractivity contribution in [1.29, 1.82) is 0 Å². The van der Waals surface area contributed by atoms with Crippen molar-refractivity contribution in [1.82, 2.24) is 15.2 Å². The van der Waals surface area contributed by atoms with Crippen molar-refractivity contribution >= 4 is 22.7 Å². The van der Waals surface area contributed by atoms with Crippen LogP contribution in [0.5, 0.6) is 5.75 Å². The van der Waals surface area contributed by atoms with E-state index in [1.807, 2.05) is 53.6 Å². The van der Waals surface area contributed by atoms with Gasteiger partial charge in [0, 0.05) is 48.7 Å². The molecule has 2 aromatic carbocycles. The largest absolute Gasteiger partial charge is 0.496 e. The van der Waals surface area contributed by atoms with Crippen LogP contribution in [0.15, 0.2) is 54.7 Å². The number of carbonyl (C=O) groups excluding carboxylic acids is 2. The second kappa shape index (κ2) is 9.69. The van der Waals surface area contributed by atoms with Crippen molar-refractivity contribution in [2.45, 2.75) is 32.2 Å². The van der Waals surface area contributed by atoms with Gasteiger partial charge in [0.25, 0.3) is 0 Å². The molecule has 2 amide bonds. The van der Waals surface area contributed by atoms with Gasteiger partial charge in [-0.15, -0.1) is 0 Å². The fraction of sp³-hybridized carbons (Fsp3) is 0.360. The summed E-state index contributed by atoms with van der Waals surface area (Å²) in [4.78, 5) is 30.7. The lowest BCUT2D eigenvalue weighted by molar-refractivity contribution is -0.135. The number of hydrogen-bond acceptors (Lipinski definition) is 3. The first-order valence-electron chi connectivity index (χ1n) is 10.9. The number of nitrogens with zero attached hydrogens (tertiary/aromatic N) is 1. The van der Waals surface area contributed by atoms with E-state index >= 15 is 0 Å². The van der Waals surface area contributed by atoms with Gasteiger partial charge in [-0.2, -0.15) is 0 Å². The maximum absolute atomic E-state index is 12.8. The first-order chi connectivity index (χ1) is 15.2. The highest BCUT2D eigenvalue weighted by molar-refractivity contribution is 5.84. The molecule has 0 bridgehead atoms. The molecule has 6 heteroatoms. The normalized spacial score (nSPS) is 16.3. The van der Waals surface area contributed by atoms with Crippen LogP contribution in [0, 0.1) is 5.92 Å². The highest BCUT2D eigenvalue weighted by atomic mass is 16.5. The number of aromatic amines is 1. The first-order valence-corrected chi connectivity index (χ1v) is 10.9. The van der Waals surface area contributed by atoms with E-state index in [9.17, 15) is 9.59 Å². The average Bonchev–Trinajstić information content (AvgIpc) is 3.24. The molecule has 4 rings (SSSR count). The minimum atomic E-state index is -0.166. The Morgan fingerprint density at radius 2 is 1.94 bits per heavy atom. The molecule has 31 heavy (non-hydrogen) atoms. The van der Waals surface area contributed by atoms with E-state index in [0.717, 1.165) is 41.8 Å². The number of nitrogens with one attached hydrogen (secondary N) is 2. The summed E-state index contributed by atoms with van der Waals surface area (Å²) < 4.78 is 5.35. The number of H-pyrrole nitrogens is 1. The van der Waals surface area contributed by atoms with E-state index in [1.54, 1.807) is 7.11 Å². The summed E-state index contributed by atoms with van der Waals surface area (Å²) in [5, 5.41) is 4.19. The summed E-state index contributed by atoms with van der Waals surface area (Å²) in [5.74, 6) is 0.716. The van der Waals surface area contributed by atoms with Crippen LogP contribution >= 0.6 is 0 Å². The fourth-order valence-corrected chi connectivity index (χ4v) is 4.33. The molecule has 0 saturated carbocycles. The third-order valence-corrected chi connectivity index (χ3v) is 6.07. The molecule has 6 nitrogen and oxygen atoms in total. The minimum absolute atomic E-state index is 0.0000322. The predicted octanol–water partition coefficient (Wildman–Crippen LogP) is 3.66. The molecule has 1 atom stereocenters. The second-order valence-corrected chi connectivity index (χ2v) is 8.07. The number of para-hydroxylation sites is 2. The van der Waals surface area contributed by atoms with Gasteiger partial charge in [-0.1, -0.05) is 36.4 Å². The Morgan fingerprint density at radius 1 is 1.13 bits per heavy atom. The van der Waals surface area contributed by atoms with Crippen molar-refractivity contribution < 1.29 is 14.3 Å². The molecule has 1 fully saturated rings. The van der Waals surface area contributed by atoms with Crippen LogP contribution < -0.4 is 10.1 Å². The standard InChI is InChI=1S/C25H29N3O3/c1-31-23-11-5-2-7-19(23)16-27-25(30)20-8-6-14-28(17-20)24(29)13-12-18-15-26-22-10-4-3-9-21(18)22/h2-5,7,9-11,15,20,26H,6,8,12-14,16-17H2,1H3,(H,27,30)/t20-/m0/s1. The number of fused-ring (bicyclic) bond motifs is 1. The molecule has 0 spiro atoms. The zero-order valence-corrected chi connectivity index (χ0v) is 17.9. The number of aryl methyl sites for hydroxylation is 1. The summed E-state index contributed by atoms with van der Waals surface area (Å²) in [5.41, 5.74) is 3.20. The molecular formula is C25H29N3O3. The van der Waals surface area contributed by atoms with Crippen molar-refractivity contribution in [3.63, 3.8) is 0 Å². The molecular weight excluding hydrogens is 390 g/mol. The SMILES string of the molecule is COc1ccccc1CNC(=O)[C@H]1CCCN(C(=O)CCc2c[nH]c3ccccc23)C1. The Hall–Kier alpha value is -3.28. The van der Waals surface area contributed by atoms with Crippen LogP contribution in [-0.2, 0) is 22.6 Å². The number of piperidine rings is 1. The van der Waals surface area contributed by atoms with E-state index < -0.39 is 0 Å². The highest BCUT2D eigenvalue weighted by Gasteiger charge is 2.28. The van der Waals surface area contributed by atoms with Crippen LogP contribution in [-0.4, -0.2) is 41.9 Å². The zero-order valence-electron chi connectivity index (χ0n) is 17.9. The highest BCUT2D eigenvalue weighted by Crippen LogP contribution is 2.22. The predicted molar refractivity (Wildman–Crippen MR) is 121 cm³/mol. The summed E-state index contributed by atoms with van der Waals surface area (Å²) in [6.07, 6.45) is 4.80. The Labute approximate surface area is 182 Å². The number of likely N-dealkylation sites (tertiary alicyclic amines) is 1. The van der Waals surface area contributed by atoms with E-state index in [4.69, 9.17) is 4.74 Å². The summed E-state index contributed by atoms with van der Waals surface area (Å²) in [7, 11) is 1.63. The molecule has 1 saturated heterocycles. The Kier molecular flexibility index (Phi) is 6.55. The molecule has 2 heterocycles. The van der Waals surface area contributed by atoms with Gasteiger partial charge in [-0.05, 0) is 37.0 Å². The monoisotopic (exact) mass is 419 g/mol. The summed E-state index contributed by atoms with van der Waals surface area (Å²) >= 11 is 0.